The molecule has 1 heterocycles. The lowest BCUT2D eigenvalue weighted by Gasteiger charge is -2.05. The summed E-state index contributed by atoms with van der Waals surface area (Å²) in [6.07, 6.45) is 0.511. The number of carboxylic acids is 1. The number of thiazole rings is 1. The summed E-state index contributed by atoms with van der Waals surface area (Å²) in [5.41, 5.74) is 2.38. The minimum atomic E-state index is -0.835. The number of nitrogens with zero attached hydrogens (tertiary/aromatic N) is 1. The Hall–Kier alpha value is -2.21. The Bertz CT molecular complexity index is 660. The third-order valence-corrected chi connectivity index (χ3v) is 4.11. The number of carbonyl (C=O) groups excluding carboxylic acids is 1. The Morgan fingerprint density at radius 3 is 2.71 bits per heavy atom. The van der Waals surface area contributed by atoms with E-state index in [9.17, 15) is 9.59 Å². The van der Waals surface area contributed by atoms with Crippen molar-refractivity contribution < 1.29 is 14.7 Å². The van der Waals surface area contributed by atoms with Gasteiger partial charge in [-0.25, -0.2) is 4.98 Å². The molecule has 0 spiro atoms. The highest BCUT2D eigenvalue weighted by Gasteiger charge is 2.12. The molecule has 0 radical (unpaired) electrons. The van der Waals surface area contributed by atoms with Crippen LogP contribution in [0.5, 0.6) is 0 Å². The molecule has 6 heteroatoms. The van der Waals surface area contributed by atoms with Crippen LogP contribution in [0.25, 0.3) is 0 Å². The van der Waals surface area contributed by atoms with Crippen LogP contribution in [-0.2, 0) is 11.2 Å². The van der Waals surface area contributed by atoms with E-state index in [1.165, 1.54) is 11.3 Å². The van der Waals surface area contributed by atoms with Gasteiger partial charge < -0.3 is 10.4 Å². The normalized spacial score (nSPS) is 10.4. The molecule has 1 amide bonds. The highest BCUT2D eigenvalue weighted by atomic mass is 32.1. The molecule has 110 valence electrons. The van der Waals surface area contributed by atoms with E-state index in [1.54, 1.807) is 18.2 Å². The Kier molecular flexibility index (Phi) is 4.70. The van der Waals surface area contributed by atoms with E-state index >= 15 is 0 Å². The smallest absolute Gasteiger partial charge is 0.303 e. The molecule has 0 atom stereocenters. The van der Waals surface area contributed by atoms with Crippen molar-refractivity contribution in [3.05, 3.63) is 45.4 Å². The van der Waals surface area contributed by atoms with E-state index in [2.05, 4.69) is 10.3 Å². The first kappa shape index (κ1) is 15.2. The van der Waals surface area contributed by atoms with E-state index < -0.39 is 5.97 Å². The zero-order chi connectivity index (χ0) is 15.4. The van der Waals surface area contributed by atoms with Crippen LogP contribution < -0.4 is 5.32 Å². The third kappa shape index (κ3) is 4.13. The maximum Gasteiger partial charge on any atom is 0.303 e. The van der Waals surface area contributed by atoms with Crippen molar-refractivity contribution >= 4 is 28.9 Å². The topological polar surface area (TPSA) is 79.3 Å². The molecular formula is C15H16N2O3S. The van der Waals surface area contributed by atoms with Crippen LogP contribution in [0, 0.1) is 13.8 Å². The second-order valence-corrected chi connectivity index (χ2v) is 5.91. The zero-order valence-corrected chi connectivity index (χ0v) is 12.7. The monoisotopic (exact) mass is 304 g/mol. The van der Waals surface area contributed by atoms with Gasteiger partial charge in [0.15, 0.2) is 5.01 Å². The van der Waals surface area contributed by atoms with Gasteiger partial charge in [0.2, 0.25) is 0 Å². The second kappa shape index (κ2) is 6.49. The fraction of sp³-hybridized carbons (Fsp3) is 0.267. The Morgan fingerprint density at radius 2 is 2.10 bits per heavy atom. The summed E-state index contributed by atoms with van der Waals surface area (Å²) in [6, 6.07) is 7.20. The van der Waals surface area contributed by atoms with Gasteiger partial charge in [0, 0.05) is 17.0 Å². The Balaban J connectivity index is 2.07. The van der Waals surface area contributed by atoms with Crippen molar-refractivity contribution in [1.82, 2.24) is 4.98 Å². The minimum absolute atomic E-state index is 0.0717. The highest BCUT2D eigenvalue weighted by Crippen LogP contribution is 2.19. The molecule has 21 heavy (non-hydrogen) atoms. The quantitative estimate of drug-likeness (QED) is 0.890. The molecule has 2 aromatic rings. The summed E-state index contributed by atoms with van der Waals surface area (Å²) in [5, 5.41) is 11.9. The molecule has 2 rings (SSSR count). The van der Waals surface area contributed by atoms with Gasteiger partial charge in [0.05, 0.1) is 5.69 Å². The number of aromatic nitrogens is 1. The lowest BCUT2D eigenvalue weighted by Crippen LogP contribution is -2.11. The largest absolute Gasteiger partial charge is 0.481 e. The fourth-order valence-corrected chi connectivity index (χ4v) is 2.62. The van der Waals surface area contributed by atoms with Gasteiger partial charge in [-0.2, -0.15) is 0 Å². The third-order valence-electron chi connectivity index (χ3n) is 3.04. The van der Waals surface area contributed by atoms with Gasteiger partial charge in [0.25, 0.3) is 5.91 Å². The lowest BCUT2D eigenvalue weighted by atomic mass is 10.1. The summed E-state index contributed by atoms with van der Waals surface area (Å²) >= 11 is 1.36. The summed E-state index contributed by atoms with van der Waals surface area (Å²) in [7, 11) is 0. The van der Waals surface area contributed by atoms with Gasteiger partial charge in [-0.1, -0.05) is 12.1 Å². The molecule has 5 nitrogen and oxygen atoms in total. The fourth-order valence-electron chi connectivity index (χ4n) is 1.81. The molecule has 1 aromatic carbocycles. The first-order valence-corrected chi connectivity index (χ1v) is 7.33. The highest BCUT2D eigenvalue weighted by molar-refractivity contribution is 7.13. The molecule has 0 saturated carbocycles. The Morgan fingerprint density at radius 1 is 1.33 bits per heavy atom. The zero-order valence-electron chi connectivity index (χ0n) is 11.8. The van der Waals surface area contributed by atoms with Crippen LogP contribution in [0.4, 0.5) is 5.69 Å². The predicted molar refractivity (Wildman–Crippen MR) is 81.9 cm³/mol. The lowest BCUT2D eigenvalue weighted by molar-refractivity contribution is -0.136. The predicted octanol–water partition coefficient (Wildman–Crippen LogP) is 3.03. The molecule has 0 aliphatic heterocycles. The average Bonchev–Trinajstić information content (AvgIpc) is 2.77. The number of amides is 1. The molecule has 0 fully saturated rings. The number of hydrogen-bond donors (Lipinski definition) is 2. The van der Waals surface area contributed by atoms with Crippen molar-refractivity contribution in [3.8, 4) is 0 Å². The number of aliphatic carboxylic acids is 1. The number of hydrogen-bond acceptors (Lipinski definition) is 4. The second-order valence-electron chi connectivity index (χ2n) is 4.71. The van der Waals surface area contributed by atoms with Crippen LogP contribution >= 0.6 is 11.3 Å². The minimum Gasteiger partial charge on any atom is -0.481 e. The Labute approximate surface area is 126 Å². The van der Waals surface area contributed by atoms with Crippen molar-refractivity contribution in [2.24, 2.45) is 0 Å². The van der Waals surface area contributed by atoms with Crippen LogP contribution in [-0.4, -0.2) is 22.0 Å². The van der Waals surface area contributed by atoms with Crippen LogP contribution in [0.1, 0.15) is 32.4 Å². The molecule has 0 saturated heterocycles. The molecule has 0 unspecified atom stereocenters. The standard InChI is InChI=1S/C15H16N2O3S/c1-9-10(2)21-15(16-9)14(20)17-12-5-3-4-11(8-12)6-7-13(18)19/h3-5,8H,6-7H2,1-2H3,(H,17,20)(H,18,19). The molecular weight excluding hydrogens is 288 g/mol. The van der Waals surface area contributed by atoms with Crippen LogP contribution in [0.2, 0.25) is 0 Å². The number of carboxylic acid groups (broad SMARTS) is 1. The van der Waals surface area contributed by atoms with Gasteiger partial charge >= 0.3 is 5.97 Å². The number of aryl methyl sites for hydroxylation is 3. The van der Waals surface area contributed by atoms with Gasteiger partial charge in [0.1, 0.15) is 0 Å². The van der Waals surface area contributed by atoms with Crippen molar-refractivity contribution in [2.75, 3.05) is 5.32 Å². The SMILES string of the molecule is Cc1nc(C(=O)Nc2cccc(CCC(=O)O)c2)sc1C. The number of carbonyl (C=O) groups is 2. The van der Waals surface area contributed by atoms with E-state index in [-0.39, 0.29) is 12.3 Å². The van der Waals surface area contributed by atoms with Crippen molar-refractivity contribution in [1.29, 1.82) is 0 Å². The van der Waals surface area contributed by atoms with E-state index in [1.807, 2.05) is 19.9 Å². The first-order chi connectivity index (χ1) is 9.95. The maximum atomic E-state index is 12.1. The molecule has 1 aromatic heterocycles. The van der Waals surface area contributed by atoms with Gasteiger partial charge in [-0.3, -0.25) is 9.59 Å². The molecule has 0 bridgehead atoms. The van der Waals surface area contributed by atoms with Crippen LogP contribution in [0.3, 0.4) is 0 Å². The van der Waals surface area contributed by atoms with E-state index in [0.717, 1.165) is 16.1 Å². The van der Waals surface area contributed by atoms with E-state index in [4.69, 9.17) is 5.11 Å². The van der Waals surface area contributed by atoms with E-state index in [0.29, 0.717) is 17.1 Å². The molecule has 0 aliphatic rings. The molecule has 0 aliphatic carbocycles. The van der Waals surface area contributed by atoms with Crippen molar-refractivity contribution in [2.45, 2.75) is 26.7 Å². The molecule has 2 N–H and O–H groups in total. The number of nitrogens with one attached hydrogen (secondary N) is 1. The van der Waals surface area contributed by atoms with Crippen LogP contribution in [0.15, 0.2) is 24.3 Å². The maximum absolute atomic E-state index is 12.1. The first-order valence-electron chi connectivity index (χ1n) is 6.52. The average molecular weight is 304 g/mol. The summed E-state index contributed by atoms with van der Waals surface area (Å²) in [5.74, 6) is -1.08. The summed E-state index contributed by atoms with van der Waals surface area (Å²) in [4.78, 5) is 27.9. The van der Waals surface area contributed by atoms with Gasteiger partial charge in [-0.15, -0.1) is 11.3 Å². The van der Waals surface area contributed by atoms with Crippen molar-refractivity contribution in [3.63, 3.8) is 0 Å². The summed E-state index contributed by atoms with van der Waals surface area (Å²) < 4.78 is 0. The number of rotatable bonds is 5. The number of benzene rings is 1. The summed E-state index contributed by atoms with van der Waals surface area (Å²) in [6.45, 7) is 3.80. The number of anilines is 1. The van der Waals surface area contributed by atoms with Gasteiger partial charge in [-0.05, 0) is 38.0 Å².